The summed E-state index contributed by atoms with van der Waals surface area (Å²) in [6, 6.07) is 6.25. The molecule has 1 aromatic carbocycles. The van der Waals surface area contributed by atoms with E-state index in [1.54, 1.807) is 0 Å². The first-order valence-electron chi connectivity index (χ1n) is 5.60. The molecule has 0 aliphatic rings. The van der Waals surface area contributed by atoms with Gasteiger partial charge in [0.15, 0.2) is 0 Å². The third-order valence-corrected chi connectivity index (χ3v) is 3.19. The maximum absolute atomic E-state index is 6.28. The van der Waals surface area contributed by atoms with Gasteiger partial charge >= 0.3 is 0 Å². The first-order valence-corrected chi connectivity index (χ1v) is 5.98. The molecule has 1 aromatic heterocycles. The second kappa shape index (κ2) is 4.90. The third-order valence-electron chi connectivity index (χ3n) is 2.86. The molecule has 0 saturated heterocycles. The zero-order valence-electron chi connectivity index (χ0n) is 10.2. The molecule has 0 amide bonds. The SMILES string of the molecule is CNC(C)c1ccc(-n2cc(C)cn2)cc1Cl. The summed E-state index contributed by atoms with van der Waals surface area (Å²) < 4.78 is 1.83. The molecule has 0 aliphatic heterocycles. The van der Waals surface area contributed by atoms with Crippen molar-refractivity contribution in [3.05, 3.63) is 46.7 Å². The molecule has 1 atom stereocenters. The van der Waals surface area contributed by atoms with Gasteiger partial charge in [0.05, 0.1) is 11.9 Å². The van der Waals surface area contributed by atoms with Crippen LogP contribution in [0.2, 0.25) is 5.02 Å². The van der Waals surface area contributed by atoms with Crippen molar-refractivity contribution in [2.24, 2.45) is 0 Å². The Kier molecular flexibility index (Phi) is 3.50. The fraction of sp³-hybridized carbons (Fsp3) is 0.308. The lowest BCUT2D eigenvalue weighted by Gasteiger charge is -2.13. The lowest BCUT2D eigenvalue weighted by molar-refractivity contribution is 0.652. The van der Waals surface area contributed by atoms with Crippen LogP contribution in [-0.4, -0.2) is 16.8 Å². The minimum absolute atomic E-state index is 0.246. The van der Waals surface area contributed by atoms with Gasteiger partial charge in [-0.05, 0) is 44.2 Å². The van der Waals surface area contributed by atoms with Crippen molar-refractivity contribution in [3.8, 4) is 5.69 Å². The summed E-state index contributed by atoms with van der Waals surface area (Å²) in [5, 5.41) is 8.20. The number of nitrogens with one attached hydrogen (secondary N) is 1. The molecule has 17 heavy (non-hydrogen) atoms. The minimum Gasteiger partial charge on any atom is -0.313 e. The largest absolute Gasteiger partial charge is 0.313 e. The highest BCUT2D eigenvalue weighted by Gasteiger charge is 2.09. The fourth-order valence-corrected chi connectivity index (χ4v) is 2.06. The number of aryl methyl sites for hydroxylation is 1. The van der Waals surface area contributed by atoms with Gasteiger partial charge in [0.1, 0.15) is 0 Å². The van der Waals surface area contributed by atoms with Crippen LogP contribution >= 0.6 is 11.6 Å². The smallest absolute Gasteiger partial charge is 0.0660 e. The molecule has 2 rings (SSSR count). The van der Waals surface area contributed by atoms with E-state index in [1.165, 1.54) is 0 Å². The predicted octanol–water partition coefficient (Wildman–Crippen LogP) is 3.11. The number of aromatic nitrogens is 2. The van der Waals surface area contributed by atoms with Gasteiger partial charge in [-0.2, -0.15) is 5.10 Å². The quantitative estimate of drug-likeness (QED) is 0.906. The Morgan fingerprint density at radius 2 is 2.18 bits per heavy atom. The molecule has 0 spiro atoms. The minimum atomic E-state index is 0.246. The van der Waals surface area contributed by atoms with Gasteiger partial charge in [-0.1, -0.05) is 17.7 Å². The molecule has 0 aliphatic carbocycles. The second-order valence-electron chi connectivity index (χ2n) is 4.18. The molecule has 90 valence electrons. The van der Waals surface area contributed by atoms with E-state index >= 15 is 0 Å². The molecule has 2 aromatic rings. The van der Waals surface area contributed by atoms with Crippen molar-refractivity contribution in [2.75, 3.05) is 7.05 Å². The zero-order valence-corrected chi connectivity index (χ0v) is 11.0. The van der Waals surface area contributed by atoms with E-state index in [-0.39, 0.29) is 6.04 Å². The van der Waals surface area contributed by atoms with E-state index in [0.29, 0.717) is 0 Å². The van der Waals surface area contributed by atoms with E-state index in [4.69, 9.17) is 11.6 Å². The van der Waals surface area contributed by atoms with Crippen LogP contribution in [0.15, 0.2) is 30.6 Å². The molecule has 1 unspecified atom stereocenters. The molecule has 1 heterocycles. The molecule has 0 radical (unpaired) electrons. The molecular weight excluding hydrogens is 234 g/mol. The van der Waals surface area contributed by atoms with Crippen LogP contribution in [0.1, 0.15) is 24.1 Å². The van der Waals surface area contributed by atoms with Gasteiger partial charge in [-0.15, -0.1) is 0 Å². The summed E-state index contributed by atoms with van der Waals surface area (Å²) in [7, 11) is 1.92. The van der Waals surface area contributed by atoms with Crippen LogP contribution in [0, 0.1) is 6.92 Å². The van der Waals surface area contributed by atoms with Crippen LogP contribution in [0.5, 0.6) is 0 Å². The Bertz CT molecular complexity index is 519. The molecular formula is C13H16ClN3. The maximum atomic E-state index is 6.28. The van der Waals surface area contributed by atoms with Crippen molar-refractivity contribution in [1.29, 1.82) is 0 Å². The number of hydrogen-bond donors (Lipinski definition) is 1. The Morgan fingerprint density at radius 1 is 1.41 bits per heavy atom. The topological polar surface area (TPSA) is 29.9 Å². The summed E-state index contributed by atoms with van der Waals surface area (Å²) >= 11 is 6.28. The third kappa shape index (κ3) is 2.51. The average molecular weight is 250 g/mol. The number of halogens is 1. The van der Waals surface area contributed by atoms with E-state index in [1.807, 2.05) is 49.2 Å². The molecule has 3 nitrogen and oxygen atoms in total. The van der Waals surface area contributed by atoms with Crippen molar-refractivity contribution >= 4 is 11.6 Å². The number of benzene rings is 1. The number of nitrogens with zero attached hydrogens (tertiary/aromatic N) is 2. The molecule has 1 N–H and O–H groups in total. The van der Waals surface area contributed by atoms with Crippen molar-refractivity contribution < 1.29 is 0 Å². The Morgan fingerprint density at radius 3 is 2.71 bits per heavy atom. The van der Waals surface area contributed by atoms with E-state index in [9.17, 15) is 0 Å². The van der Waals surface area contributed by atoms with Crippen LogP contribution in [0.25, 0.3) is 5.69 Å². The van der Waals surface area contributed by atoms with Gasteiger partial charge in [0.2, 0.25) is 0 Å². The zero-order chi connectivity index (χ0) is 12.4. The molecule has 0 saturated carbocycles. The summed E-state index contributed by atoms with van der Waals surface area (Å²) in [5.41, 5.74) is 3.21. The Labute approximate surface area is 106 Å². The highest BCUT2D eigenvalue weighted by molar-refractivity contribution is 6.31. The summed E-state index contributed by atoms with van der Waals surface area (Å²) in [4.78, 5) is 0. The van der Waals surface area contributed by atoms with Crippen LogP contribution in [-0.2, 0) is 0 Å². The van der Waals surface area contributed by atoms with E-state index in [2.05, 4.69) is 17.3 Å². The highest BCUT2D eigenvalue weighted by Crippen LogP contribution is 2.25. The lowest BCUT2D eigenvalue weighted by atomic mass is 10.1. The second-order valence-corrected chi connectivity index (χ2v) is 4.59. The Hall–Kier alpha value is -1.32. The van der Waals surface area contributed by atoms with Crippen molar-refractivity contribution in [1.82, 2.24) is 15.1 Å². The molecule has 0 bridgehead atoms. The van der Waals surface area contributed by atoms with Crippen LogP contribution < -0.4 is 5.32 Å². The first-order chi connectivity index (χ1) is 8.11. The Balaban J connectivity index is 2.37. The predicted molar refractivity (Wildman–Crippen MR) is 70.8 cm³/mol. The van der Waals surface area contributed by atoms with E-state index < -0.39 is 0 Å². The van der Waals surface area contributed by atoms with Gasteiger partial charge in [-0.3, -0.25) is 0 Å². The summed E-state index contributed by atoms with van der Waals surface area (Å²) in [6.07, 6.45) is 3.81. The monoisotopic (exact) mass is 249 g/mol. The average Bonchev–Trinajstić information content (AvgIpc) is 2.75. The van der Waals surface area contributed by atoms with Gasteiger partial charge < -0.3 is 5.32 Å². The fourth-order valence-electron chi connectivity index (χ4n) is 1.72. The van der Waals surface area contributed by atoms with Crippen LogP contribution in [0.3, 0.4) is 0 Å². The molecule has 4 heteroatoms. The number of hydrogen-bond acceptors (Lipinski definition) is 2. The molecule has 0 fully saturated rings. The van der Waals surface area contributed by atoms with Gasteiger partial charge in [0, 0.05) is 17.3 Å². The number of rotatable bonds is 3. The maximum Gasteiger partial charge on any atom is 0.0660 e. The van der Waals surface area contributed by atoms with Crippen molar-refractivity contribution in [2.45, 2.75) is 19.9 Å². The lowest BCUT2D eigenvalue weighted by Crippen LogP contribution is -2.12. The standard InChI is InChI=1S/C13H16ClN3/c1-9-7-16-17(8-9)11-4-5-12(10(2)15-3)13(14)6-11/h4-8,10,15H,1-3H3. The highest BCUT2D eigenvalue weighted by atomic mass is 35.5. The summed E-state index contributed by atoms with van der Waals surface area (Å²) in [5.74, 6) is 0. The van der Waals surface area contributed by atoms with E-state index in [0.717, 1.165) is 21.8 Å². The van der Waals surface area contributed by atoms with Crippen LogP contribution in [0.4, 0.5) is 0 Å². The van der Waals surface area contributed by atoms with Crippen molar-refractivity contribution in [3.63, 3.8) is 0 Å². The summed E-state index contributed by atoms with van der Waals surface area (Å²) in [6.45, 7) is 4.10. The van der Waals surface area contributed by atoms with Gasteiger partial charge in [0.25, 0.3) is 0 Å². The normalized spacial score (nSPS) is 12.7. The first kappa shape index (κ1) is 12.1. The van der Waals surface area contributed by atoms with Gasteiger partial charge in [-0.25, -0.2) is 4.68 Å².